The van der Waals surface area contributed by atoms with Crippen molar-refractivity contribution in [2.75, 3.05) is 32.3 Å². The highest BCUT2D eigenvalue weighted by Gasteiger charge is 2.54. The molecule has 1 aliphatic rings. The van der Waals surface area contributed by atoms with E-state index in [-0.39, 0.29) is 24.4 Å². The number of benzene rings is 1. The molecule has 120 valence electrons. The van der Waals surface area contributed by atoms with Crippen LogP contribution in [-0.4, -0.2) is 45.2 Å². The van der Waals surface area contributed by atoms with E-state index in [9.17, 15) is 14.4 Å². The van der Waals surface area contributed by atoms with Crippen molar-refractivity contribution in [3.8, 4) is 0 Å². The van der Waals surface area contributed by atoms with Crippen molar-refractivity contribution in [1.82, 2.24) is 0 Å². The summed E-state index contributed by atoms with van der Waals surface area (Å²) in [6.45, 7) is -0.121. The van der Waals surface area contributed by atoms with Crippen LogP contribution in [0.15, 0.2) is 35.5 Å². The molecule has 1 aromatic carbocycles. The van der Waals surface area contributed by atoms with Gasteiger partial charge in [-0.05, 0) is 24.3 Å². The number of allylic oxidation sites excluding steroid dienone is 1. The molecule has 2 rings (SSSR count). The fourth-order valence-corrected chi connectivity index (χ4v) is 2.79. The lowest BCUT2D eigenvalue weighted by molar-refractivity contribution is -0.151. The number of methoxy groups -OCH3 is 2. The summed E-state index contributed by atoms with van der Waals surface area (Å²) >= 11 is 5.86. The third kappa shape index (κ3) is 2.81. The fourth-order valence-electron chi connectivity index (χ4n) is 2.67. The first kappa shape index (κ1) is 17.0. The molecule has 0 spiro atoms. The molecule has 23 heavy (non-hydrogen) atoms. The van der Waals surface area contributed by atoms with Gasteiger partial charge in [-0.3, -0.25) is 4.79 Å². The zero-order chi connectivity index (χ0) is 17.0. The van der Waals surface area contributed by atoms with Crippen LogP contribution in [0.5, 0.6) is 0 Å². The van der Waals surface area contributed by atoms with E-state index in [4.69, 9.17) is 21.1 Å². The zero-order valence-corrected chi connectivity index (χ0v) is 13.3. The molecular formula is C16H14ClNO5. The summed E-state index contributed by atoms with van der Waals surface area (Å²) in [4.78, 5) is 36.6. The number of rotatable bonds is 4. The van der Waals surface area contributed by atoms with Gasteiger partial charge in [-0.15, -0.1) is 0 Å². The van der Waals surface area contributed by atoms with Gasteiger partial charge in [0.2, 0.25) is 0 Å². The van der Waals surface area contributed by atoms with Gasteiger partial charge >= 0.3 is 5.97 Å². The van der Waals surface area contributed by atoms with Crippen molar-refractivity contribution in [3.05, 3.63) is 40.6 Å². The Labute approximate surface area is 137 Å². The summed E-state index contributed by atoms with van der Waals surface area (Å²) in [6, 6.07) is 6.61. The second-order valence-electron chi connectivity index (χ2n) is 5.00. The summed E-state index contributed by atoms with van der Waals surface area (Å²) < 4.78 is 9.90. The van der Waals surface area contributed by atoms with Crippen LogP contribution in [0, 0.1) is 5.41 Å². The van der Waals surface area contributed by atoms with Crippen LogP contribution in [0.25, 0.3) is 0 Å². The molecule has 1 heterocycles. The maximum atomic E-state index is 12.3. The number of hydrogen-bond acceptors (Lipinski definition) is 6. The van der Waals surface area contributed by atoms with Gasteiger partial charge in [0.1, 0.15) is 17.1 Å². The summed E-state index contributed by atoms with van der Waals surface area (Å²) in [5, 5.41) is 0.520. The summed E-state index contributed by atoms with van der Waals surface area (Å²) in [5.41, 5.74) is -1.04. The van der Waals surface area contributed by atoms with E-state index in [1.807, 2.05) is 0 Å². The summed E-state index contributed by atoms with van der Waals surface area (Å²) in [7, 11) is 2.60. The van der Waals surface area contributed by atoms with Gasteiger partial charge in [0, 0.05) is 24.4 Å². The van der Waals surface area contributed by atoms with Crippen LogP contribution in [0.2, 0.25) is 5.02 Å². The number of hydrogen-bond donors (Lipinski definition) is 0. The number of carbonyl (C=O) groups is 1. The average Bonchev–Trinajstić information content (AvgIpc) is 2.89. The van der Waals surface area contributed by atoms with E-state index < -0.39 is 11.4 Å². The van der Waals surface area contributed by atoms with Crippen LogP contribution >= 0.6 is 11.6 Å². The fraction of sp³-hybridized carbons (Fsp3) is 0.312. The normalized spacial score (nSPS) is 20.2. The standard InChI is InChI=1S/C16H14ClNO5/c1-22-10-16(15(21)23-2)9-18(14(8-20)13(16)7-19)12-5-3-11(17)4-6-12/h3-6H,9-10H2,1-2H3. The van der Waals surface area contributed by atoms with E-state index in [0.717, 1.165) is 0 Å². The number of ether oxygens (including phenoxy) is 2. The maximum absolute atomic E-state index is 12.3. The van der Waals surface area contributed by atoms with E-state index in [0.29, 0.717) is 10.7 Å². The maximum Gasteiger partial charge on any atom is 0.321 e. The topological polar surface area (TPSA) is 72.9 Å². The van der Waals surface area contributed by atoms with Crippen molar-refractivity contribution < 1.29 is 23.9 Å². The number of nitrogens with zero attached hydrogens (tertiary/aromatic N) is 1. The van der Waals surface area contributed by atoms with Crippen molar-refractivity contribution in [3.63, 3.8) is 0 Å². The zero-order valence-electron chi connectivity index (χ0n) is 12.6. The molecular weight excluding hydrogens is 322 g/mol. The average molecular weight is 336 g/mol. The van der Waals surface area contributed by atoms with Gasteiger partial charge in [-0.2, -0.15) is 0 Å². The summed E-state index contributed by atoms with van der Waals surface area (Å²) in [6.07, 6.45) is 0. The van der Waals surface area contributed by atoms with Gasteiger partial charge < -0.3 is 14.4 Å². The van der Waals surface area contributed by atoms with Gasteiger partial charge in [0.05, 0.1) is 19.3 Å². The van der Waals surface area contributed by atoms with Gasteiger partial charge in [-0.25, -0.2) is 9.59 Å². The summed E-state index contributed by atoms with van der Waals surface area (Å²) in [5.74, 6) is 2.72. The smallest absolute Gasteiger partial charge is 0.321 e. The van der Waals surface area contributed by atoms with Crippen LogP contribution in [0.3, 0.4) is 0 Å². The molecule has 0 bridgehead atoms. The lowest BCUT2D eigenvalue weighted by atomic mass is 9.83. The lowest BCUT2D eigenvalue weighted by Crippen LogP contribution is -2.41. The van der Waals surface area contributed by atoms with E-state index in [2.05, 4.69) is 0 Å². The molecule has 0 radical (unpaired) electrons. The first-order chi connectivity index (χ1) is 11.0. The second-order valence-corrected chi connectivity index (χ2v) is 5.43. The number of carbonyl (C=O) groups excluding carboxylic acids is 3. The molecule has 7 heteroatoms. The van der Waals surface area contributed by atoms with Crippen molar-refractivity contribution >= 4 is 35.1 Å². The Morgan fingerprint density at radius 2 is 1.91 bits per heavy atom. The van der Waals surface area contributed by atoms with Crippen LogP contribution in [-0.2, 0) is 23.9 Å². The monoisotopic (exact) mass is 335 g/mol. The minimum atomic E-state index is -1.43. The Balaban J connectivity index is 2.60. The molecule has 1 fully saturated rings. The minimum absolute atomic E-state index is 0.00426. The molecule has 6 nitrogen and oxygen atoms in total. The largest absolute Gasteiger partial charge is 0.468 e. The highest BCUT2D eigenvalue weighted by atomic mass is 35.5. The van der Waals surface area contributed by atoms with Crippen molar-refractivity contribution in [1.29, 1.82) is 0 Å². The van der Waals surface area contributed by atoms with Crippen LogP contribution in [0.1, 0.15) is 0 Å². The number of esters is 1. The van der Waals surface area contributed by atoms with Gasteiger partial charge in [0.15, 0.2) is 5.94 Å². The lowest BCUT2D eigenvalue weighted by Gasteiger charge is -2.25. The Bertz CT molecular complexity index is 716. The Hall–Kier alpha value is -2.36. The molecule has 1 saturated heterocycles. The van der Waals surface area contributed by atoms with E-state index in [1.54, 1.807) is 36.1 Å². The second kappa shape index (κ2) is 6.82. The Morgan fingerprint density at radius 1 is 1.26 bits per heavy atom. The first-order valence-electron chi connectivity index (χ1n) is 6.65. The molecule has 0 aliphatic carbocycles. The Morgan fingerprint density at radius 3 is 2.39 bits per heavy atom. The molecule has 1 aliphatic heterocycles. The van der Waals surface area contributed by atoms with Gasteiger partial charge in [0.25, 0.3) is 0 Å². The quantitative estimate of drug-likeness (QED) is 0.612. The number of anilines is 1. The van der Waals surface area contributed by atoms with Crippen LogP contribution < -0.4 is 4.90 Å². The van der Waals surface area contributed by atoms with Gasteiger partial charge in [-0.1, -0.05) is 11.6 Å². The van der Waals surface area contributed by atoms with E-state index in [1.165, 1.54) is 19.1 Å². The molecule has 1 unspecified atom stereocenters. The van der Waals surface area contributed by atoms with Crippen LogP contribution in [0.4, 0.5) is 5.69 Å². The molecule has 0 saturated carbocycles. The van der Waals surface area contributed by atoms with Crippen molar-refractivity contribution in [2.24, 2.45) is 5.41 Å². The molecule has 1 aromatic rings. The molecule has 0 aromatic heterocycles. The van der Waals surface area contributed by atoms with Crippen molar-refractivity contribution in [2.45, 2.75) is 0 Å². The third-order valence-electron chi connectivity index (χ3n) is 3.72. The first-order valence-corrected chi connectivity index (χ1v) is 7.03. The molecule has 1 atom stereocenters. The third-order valence-corrected chi connectivity index (χ3v) is 3.97. The molecule has 0 amide bonds. The predicted molar refractivity (Wildman–Crippen MR) is 83.5 cm³/mol. The molecule has 0 N–H and O–H groups in total. The number of halogens is 1. The highest BCUT2D eigenvalue weighted by molar-refractivity contribution is 6.30. The Kier molecular flexibility index (Phi) is 5.04. The predicted octanol–water partition coefficient (Wildman–Crippen LogP) is 1.44. The van der Waals surface area contributed by atoms with E-state index >= 15 is 0 Å². The minimum Gasteiger partial charge on any atom is -0.468 e. The highest BCUT2D eigenvalue weighted by Crippen LogP contribution is 2.43. The SMILES string of the molecule is COCC1(C(=O)OC)CN(c2ccc(Cl)cc2)C(=C=O)C1=C=O.